The van der Waals surface area contributed by atoms with Crippen LogP contribution in [0.1, 0.15) is 17.1 Å². The molecule has 20 heavy (non-hydrogen) atoms. The number of H-pyrrole nitrogens is 1. The Hall–Kier alpha value is -2.28. The third-order valence-electron chi connectivity index (χ3n) is 2.96. The molecule has 3 aromatic rings. The quantitative estimate of drug-likeness (QED) is 0.768. The Morgan fingerprint density at radius 2 is 2.15 bits per heavy atom. The molecule has 0 saturated carbocycles. The Bertz CT molecular complexity index is 907. The van der Waals surface area contributed by atoms with E-state index in [9.17, 15) is 9.59 Å². The van der Waals surface area contributed by atoms with Gasteiger partial charge < -0.3 is 4.98 Å². The van der Waals surface area contributed by atoms with Gasteiger partial charge in [0.2, 0.25) is 0 Å². The van der Waals surface area contributed by atoms with Gasteiger partial charge in [-0.15, -0.1) is 11.3 Å². The molecule has 3 heterocycles. The number of hydrogen-bond donors (Lipinski definition) is 1. The third kappa shape index (κ3) is 2.16. The number of thiophene rings is 1. The number of aryl methyl sites for hydroxylation is 2. The normalized spacial score (nSPS) is 11.1. The molecular formula is C13H12N4O2S. The van der Waals surface area contributed by atoms with Crippen LogP contribution in [0.2, 0.25) is 0 Å². The molecule has 7 heteroatoms. The lowest BCUT2D eigenvalue weighted by Gasteiger charge is -2.05. The van der Waals surface area contributed by atoms with Gasteiger partial charge in [0.1, 0.15) is 10.5 Å². The van der Waals surface area contributed by atoms with Gasteiger partial charge in [-0.25, -0.2) is 9.97 Å². The van der Waals surface area contributed by atoms with Gasteiger partial charge in [0.05, 0.1) is 18.4 Å². The summed E-state index contributed by atoms with van der Waals surface area (Å²) in [5.41, 5.74) is 2.02. The summed E-state index contributed by atoms with van der Waals surface area (Å²) in [7, 11) is 0. The maximum atomic E-state index is 12.3. The van der Waals surface area contributed by atoms with Crippen molar-refractivity contribution in [1.29, 1.82) is 0 Å². The minimum absolute atomic E-state index is 0.114. The lowest BCUT2D eigenvalue weighted by Crippen LogP contribution is -2.23. The third-order valence-corrected chi connectivity index (χ3v) is 4.04. The first-order valence-electron chi connectivity index (χ1n) is 6.04. The second-order valence-electron chi connectivity index (χ2n) is 4.61. The molecule has 6 nitrogen and oxygen atoms in total. The number of nitrogens with one attached hydrogen (secondary N) is 1. The van der Waals surface area contributed by atoms with E-state index in [1.54, 1.807) is 6.92 Å². The van der Waals surface area contributed by atoms with E-state index >= 15 is 0 Å². The predicted molar refractivity (Wildman–Crippen MR) is 77.3 cm³/mol. The van der Waals surface area contributed by atoms with Crippen LogP contribution in [0.4, 0.5) is 0 Å². The maximum absolute atomic E-state index is 12.3. The number of aromatic nitrogens is 4. The van der Waals surface area contributed by atoms with E-state index in [1.807, 2.05) is 12.3 Å². The number of nitrogens with zero attached hydrogens (tertiary/aromatic N) is 3. The molecule has 0 aliphatic rings. The minimum atomic E-state index is -0.221. The Labute approximate surface area is 117 Å². The molecule has 0 saturated heterocycles. The number of rotatable bonds is 2. The van der Waals surface area contributed by atoms with Crippen LogP contribution in [0.15, 0.2) is 27.4 Å². The standard InChI is InChI=1S/C13H12N4O2S/c1-7-5-20-12-11(7)14-6-17(13(12)19)4-9-15-8(2)3-10(18)16-9/h3,5-6H,4H2,1-2H3,(H,15,16,18). The second-order valence-corrected chi connectivity index (χ2v) is 5.49. The summed E-state index contributed by atoms with van der Waals surface area (Å²) in [6.07, 6.45) is 1.49. The SMILES string of the molecule is Cc1cc(=O)[nH]c(Cn2cnc3c(C)csc3c2=O)n1. The van der Waals surface area contributed by atoms with Crippen molar-refractivity contribution in [3.8, 4) is 0 Å². The number of aromatic amines is 1. The van der Waals surface area contributed by atoms with Crippen LogP contribution < -0.4 is 11.1 Å². The van der Waals surface area contributed by atoms with Crippen LogP contribution in [0.3, 0.4) is 0 Å². The van der Waals surface area contributed by atoms with Gasteiger partial charge in [0.25, 0.3) is 11.1 Å². The molecule has 3 aromatic heterocycles. The van der Waals surface area contributed by atoms with E-state index in [-0.39, 0.29) is 17.7 Å². The Morgan fingerprint density at radius 1 is 1.35 bits per heavy atom. The van der Waals surface area contributed by atoms with E-state index in [0.717, 1.165) is 11.1 Å². The molecule has 0 bridgehead atoms. The summed E-state index contributed by atoms with van der Waals surface area (Å²) >= 11 is 1.38. The van der Waals surface area contributed by atoms with Crippen molar-refractivity contribution in [2.24, 2.45) is 0 Å². The van der Waals surface area contributed by atoms with Crippen LogP contribution in [0, 0.1) is 13.8 Å². The first-order chi connectivity index (χ1) is 9.54. The van der Waals surface area contributed by atoms with Crippen molar-refractivity contribution in [2.45, 2.75) is 20.4 Å². The van der Waals surface area contributed by atoms with E-state index in [2.05, 4.69) is 15.0 Å². The smallest absolute Gasteiger partial charge is 0.271 e. The summed E-state index contributed by atoms with van der Waals surface area (Å²) in [4.78, 5) is 34.9. The van der Waals surface area contributed by atoms with Crippen molar-refractivity contribution in [1.82, 2.24) is 19.5 Å². The fraction of sp³-hybridized carbons (Fsp3) is 0.231. The van der Waals surface area contributed by atoms with Crippen LogP contribution in [0.25, 0.3) is 10.2 Å². The molecule has 0 atom stereocenters. The summed E-state index contributed by atoms with van der Waals surface area (Å²) in [6.45, 7) is 3.87. The molecule has 102 valence electrons. The van der Waals surface area contributed by atoms with E-state index in [1.165, 1.54) is 28.3 Å². The molecule has 0 spiro atoms. The highest BCUT2D eigenvalue weighted by Gasteiger charge is 2.09. The van der Waals surface area contributed by atoms with E-state index in [0.29, 0.717) is 16.2 Å². The largest absolute Gasteiger partial charge is 0.309 e. The van der Waals surface area contributed by atoms with Crippen molar-refractivity contribution >= 4 is 21.6 Å². The van der Waals surface area contributed by atoms with Gasteiger partial charge in [-0.1, -0.05) is 0 Å². The zero-order valence-electron chi connectivity index (χ0n) is 11.0. The van der Waals surface area contributed by atoms with Crippen molar-refractivity contribution in [3.05, 3.63) is 55.6 Å². The highest BCUT2D eigenvalue weighted by molar-refractivity contribution is 7.17. The Morgan fingerprint density at radius 3 is 2.90 bits per heavy atom. The highest BCUT2D eigenvalue weighted by Crippen LogP contribution is 2.19. The molecule has 0 aliphatic carbocycles. The fourth-order valence-electron chi connectivity index (χ4n) is 2.05. The Kier molecular flexibility index (Phi) is 2.98. The lowest BCUT2D eigenvalue weighted by atomic mass is 10.3. The van der Waals surface area contributed by atoms with E-state index in [4.69, 9.17) is 0 Å². The number of hydrogen-bond acceptors (Lipinski definition) is 5. The molecule has 0 unspecified atom stereocenters. The van der Waals surface area contributed by atoms with Gasteiger partial charge >= 0.3 is 0 Å². The topological polar surface area (TPSA) is 80.6 Å². The Balaban J connectivity index is 2.09. The molecule has 0 aromatic carbocycles. The predicted octanol–water partition coefficient (Wildman–Crippen LogP) is 1.21. The van der Waals surface area contributed by atoms with Gasteiger partial charge in [-0.2, -0.15) is 0 Å². The summed E-state index contributed by atoms with van der Waals surface area (Å²) in [6, 6.07) is 1.41. The first-order valence-corrected chi connectivity index (χ1v) is 6.92. The maximum Gasteiger partial charge on any atom is 0.271 e. The highest BCUT2D eigenvalue weighted by atomic mass is 32.1. The van der Waals surface area contributed by atoms with Crippen LogP contribution in [-0.4, -0.2) is 19.5 Å². The van der Waals surface area contributed by atoms with Gasteiger partial charge in [0.15, 0.2) is 0 Å². The first kappa shape index (κ1) is 12.7. The average Bonchev–Trinajstić information content (AvgIpc) is 2.74. The second kappa shape index (κ2) is 4.68. The lowest BCUT2D eigenvalue weighted by molar-refractivity contribution is 0.700. The van der Waals surface area contributed by atoms with Crippen LogP contribution >= 0.6 is 11.3 Å². The van der Waals surface area contributed by atoms with E-state index < -0.39 is 0 Å². The van der Waals surface area contributed by atoms with Crippen LogP contribution in [0.5, 0.6) is 0 Å². The average molecular weight is 288 g/mol. The molecule has 0 radical (unpaired) electrons. The molecule has 0 aliphatic heterocycles. The molecule has 0 amide bonds. The van der Waals surface area contributed by atoms with Gasteiger partial charge in [0, 0.05) is 11.8 Å². The zero-order valence-corrected chi connectivity index (χ0v) is 11.8. The monoisotopic (exact) mass is 288 g/mol. The minimum Gasteiger partial charge on any atom is -0.309 e. The van der Waals surface area contributed by atoms with Crippen LogP contribution in [-0.2, 0) is 6.54 Å². The summed E-state index contributed by atoms with van der Waals surface area (Å²) in [5, 5.41) is 1.91. The van der Waals surface area contributed by atoms with Gasteiger partial charge in [-0.3, -0.25) is 14.2 Å². The summed E-state index contributed by atoms with van der Waals surface area (Å²) < 4.78 is 2.08. The molecule has 0 fully saturated rings. The van der Waals surface area contributed by atoms with Gasteiger partial charge in [-0.05, 0) is 24.8 Å². The van der Waals surface area contributed by atoms with Crippen molar-refractivity contribution in [3.63, 3.8) is 0 Å². The molecular weight excluding hydrogens is 276 g/mol. The summed E-state index contributed by atoms with van der Waals surface area (Å²) in [5.74, 6) is 0.450. The van der Waals surface area contributed by atoms with Crippen molar-refractivity contribution < 1.29 is 0 Å². The van der Waals surface area contributed by atoms with Crippen molar-refractivity contribution in [2.75, 3.05) is 0 Å². The fourth-order valence-corrected chi connectivity index (χ4v) is 3.00. The number of fused-ring (bicyclic) bond motifs is 1. The molecule has 3 rings (SSSR count). The molecule has 1 N–H and O–H groups in total. The zero-order chi connectivity index (χ0) is 14.3.